The Hall–Kier alpha value is -3.93. The van der Waals surface area contributed by atoms with Gasteiger partial charge in [-0.1, -0.05) is 72.8 Å². The van der Waals surface area contributed by atoms with Gasteiger partial charge in [-0.2, -0.15) is 0 Å². The molecule has 0 radical (unpaired) electrons. The third-order valence-corrected chi connectivity index (χ3v) is 5.01. The molecule has 4 rings (SSSR count). The molecule has 30 heavy (non-hydrogen) atoms. The number of rotatable bonds is 5. The largest absolute Gasteiger partial charge is 0.345 e. The van der Waals surface area contributed by atoms with Gasteiger partial charge in [-0.25, -0.2) is 0 Å². The smallest absolute Gasteiger partial charge is 0.254 e. The van der Waals surface area contributed by atoms with Crippen LogP contribution in [0.3, 0.4) is 0 Å². The summed E-state index contributed by atoms with van der Waals surface area (Å²) in [6.45, 7) is 0. The molecule has 1 aliphatic heterocycles. The van der Waals surface area contributed by atoms with Crippen molar-refractivity contribution in [2.24, 2.45) is 0 Å². The van der Waals surface area contributed by atoms with Crippen LogP contribution in [0.4, 0.5) is 5.69 Å². The van der Waals surface area contributed by atoms with Gasteiger partial charge in [-0.05, 0) is 23.3 Å². The Morgan fingerprint density at radius 3 is 2.03 bits per heavy atom. The van der Waals surface area contributed by atoms with Crippen molar-refractivity contribution in [3.8, 4) is 0 Å². The third kappa shape index (κ3) is 4.22. The molecule has 3 amide bonds. The summed E-state index contributed by atoms with van der Waals surface area (Å²) < 4.78 is 0. The molecule has 3 aromatic rings. The van der Waals surface area contributed by atoms with E-state index >= 15 is 0 Å². The first kappa shape index (κ1) is 19.4. The number of hydrogen-bond donors (Lipinski definition) is 3. The molecule has 150 valence electrons. The molecule has 0 fully saturated rings. The Bertz CT molecular complexity index is 1030. The van der Waals surface area contributed by atoms with Crippen molar-refractivity contribution in [1.82, 2.24) is 10.6 Å². The molecule has 0 aliphatic carbocycles. The summed E-state index contributed by atoms with van der Waals surface area (Å²) in [6, 6.07) is 24.7. The summed E-state index contributed by atoms with van der Waals surface area (Å²) in [5, 5.41) is 8.38. The van der Waals surface area contributed by atoms with Gasteiger partial charge in [0.15, 0.2) is 0 Å². The van der Waals surface area contributed by atoms with Gasteiger partial charge < -0.3 is 16.0 Å². The SMILES string of the molecule is O=C(C[C@H]1NC(=O)c2ccccc2NC1=O)NC(c1ccccc1)c1ccccc1. The maximum absolute atomic E-state index is 12.9. The highest BCUT2D eigenvalue weighted by Crippen LogP contribution is 2.23. The number of anilines is 1. The lowest BCUT2D eigenvalue weighted by Crippen LogP contribution is -2.45. The van der Waals surface area contributed by atoms with Crippen LogP contribution in [0, 0.1) is 0 Å². The van der Waals surface area contributed by atoms with Crippen molar-refractivity contribution in [1.29, 1.82) is 0 Å². The Kier molecular flexibility index (Phi) is 5.57. The third-order valence-electron chi connectivity index (χ3n) is 5.01. The second-order valence-corrected chi connectivity index (χ2v) is 7.09. The van der Waals surface area contributed by atoms with Gasteiger partial charge >= 0.3 is 0 Å². The van der Waals surface area contributed by atoms with E-state index in [0.717, 1.165) is 11.1 Å². The van der Waals surface area contributed by atoms with Gasteiger partial charge in [0, 0.05) is 0 Å². The lowest BCUT2D eigenvalue weighted by atomic mass is 9.98. The number of fused-ring (bicyclic) bond motifs is 1. The van der Waals surface area contributed by atoms with E-state index < -0.39 is 11.9 Å². The van der Waals surface area contributed by atoms with Crippen molar-refractivity contribution in [3.63, 3.8) is 0 Å². The Morgan fingerprint density at radius 2 is 1.40 bits per heavy atom. The maximum Gasteiger partial charge on any atom is 0.254 e. The molecule has 1 heterocycles. The maximum atomic E-state index is 12.9. The van der Waals surface area contributed by atoms with Gasteiger partial charge in [0.05, 0.1) is 23.7 Å². The molecule has 0 unspecified atom stereocenters. The summed E-state index contributed by atoms with van der Waals surface area (Å²) in [5.74, 6) is -1.14. The molecule has 6 heteroatoms. The summed E-state index contributed by atoms with van der Waals surface area (Å²) in [4.78, 5) is 37.9. The lowest BCUT2D eigenvalue weighted by Gasteiger charge is -2.21. The molecule has 0 bridgehead atoms. The minimum atomic E-state index is -0.961. The molecule has 0 aromatic heterocycles. The van der Waals surface area contributed by atoms with Crippen LogP contribution < -0.4 is 16.0 Å². The number of carbonyl (C=O) groups is 3. The first-order valence-electron chi connectivity index (χ1n) is 9.72. The number of amides is 3. The predicted octanol–water partition coefficient (Wildman–Crippen LogP) is 3.03. The fraction of sp³-hybridized carbons (Fsp3) is 0.125. The van der Waals surface area contributed by atoms with E-state index in [-0.39, 0.29) is 24.3 Å². The van der Waals surface area contributed by atoms with Gasteiger partial charge in [0.1, 0.15) is 6.04 Å². The minimum absolute atomic E-state index is 0.165. The van der Waals surface area contributed by atoms with Crippen LogP contribution in [0.2, 0.25) is 0 Å². The van der Waals surface area contributed by atoms with Gasteiger partial charge in [0.25, 0.3) is 5.91 Å². The molecule has 3 aromatic carbocycles. The van der Waals surface area contributed by atoms with Gasteiger partial charge in [-0.3, -0.25) is 14.4 Å². The van der Waals surface area contributed by atoms with Crippen LogP contribution in [0.25, 0.3) is 0 Å². The molecular weight excluding hydrogens is 378 g/mol. The van der Waals surface area contributed by atoms with E-state index in [1.807, 2.05) is 60.7 Å². The van der Waals surface area contributed by atoms with Gasteiger partial charge in [-0.15, -0.1) is 0 Å². The van der Waals surface area contributed by atoms with E-state index in [4.69, 9.17) is 0 Å². The zero-order valence-corrected chi connectivity index (χ0v) is 16.2. The van der Waals surface area contributed by atoms with Crippen LogP contribution >= 0.6 is 0 Å². The quantitative estimate of drug-likeness (QED) is 0.616. The van der Waals surface area contributed by atoms with Crippen LogP contribution in [-0.4, -0.2) is 23.8 Å². The molecule has 0 saturated carbocycles. The van der Waals surface area contributed by atoms with Crippen LogP contribution in [0.5, 0.6) is 0 Å². The minimum Gasteiger partial charge on any atom is -0.345 e. The fourth-order valence-electron chi connectivity index (χ4n) is 3.51. The number of para-hydroxylation sites is 1. The predicted molar refractivity (Wildman–Crippen MR) is 114 cm³/mol. The first-order valence-corrected chi connectivity index (χ1v) is 9.72. The van der Waals surface area contributed by atoms with Crippen molar-refractivity contribution in [2.75, 3.05) is 5.32 Å². The Labute approximate surface area is 174 Å². The lowest BCUT2D eigenvalue weighted by molar-refractivity contribution is -0.126. The summed E-state index contributed by atoms with van der Waals surface area (Å²) in [6.07, 6.45) is -0.165. The van der Waals surface area contributed by atoms with Crippen molar-refractivity contribution in [2.45, 2.75) is 18.5 Å². The molecular formula is C24H21N3O3. The van der Waals surface area contributed by atoms with E-state index in [9.17, 15) is 14.4 Å². The van der Waals surface area contributed by atoms with Crippen molar-refractivity contribution >= 4 is 23.4 Å². The van der Waals surface area contributed by atoms with Crippen LogP contribution in [0.1, 0.15) is 33.9 Å². The molecule has 0 spiro atoms. The second kappa shape index (κ2) is 8.61. The van der Waals surface area contributed by atoms with Crippen molar-refractivity contribution < 1.29 is 14.4 Å². The number of carbonyl (C=O) groups excluding carboxylic acids is 3. The van der Waals surface area contributed by atoms with Gasteiger partial charge in [0.2, 0.25) is 11.8 Å². The monoisotopic (exact) mass is 399 g/mol. The highest BCUT2D eigenvalue weighted by molar-refractivity contribution is 6.10. The number of hydrogen-bond acceptors (Lipinski definition) is 3. The van der Waals surface area contributed by atoms with Crippen LogP contribution in [-0.2, 0) is 9.59 Å². The molecule has 6 nitrogen and oxygen atoms in total. The average molecular weight is 399 g/mol. The van der Waals surface area contributed by atoms with E-state index in [0.29, 0.717) is 11.3 Å². The number of nitrogens with one attached hydrogen (secondary N) is 3. The van der Waals surface area contributed by atoms with E-state index in [2.05, 4.69) is 16.0 Å². The average Bonchev–Trinajstić information content (AvgIpc) is 2.89. The second-order valence-electron chi connectivity index (χ2n) is 7.09. The first-order chi connectivity index (χ1) is 14.6. The van der Waals surface area contributed by atoms with Crippen LogP contribution in [0.15, 0.2) is 84.9 Å². The standard InChI is InChI=1S/C24H21N3O3/c28-21(15-20-24(30)25-19-14-8-7-13-18(19)23(29)26-20)27-22(16-9-3-1-4-10-16)17-11-5-2-6-12-17/h1-14,20,22H,15H2,(H,25,30)(H,26,29)(H,27,28)/t20-/m1/s1. The highest BCUT2D eigenvalue weighted by atomic mass is 16.2. The molecule has 1 aliphatic rings. The topological polar surface area (TPSA) is 87.3 Å². The summed E-state index contributed by atoms with van der Waals surface area (Å²) in [5.41, 5.74) is 2.67. The van der Waals surface area contributed by atoms with E-state index in [1.54, 1.807) is 24.3 Å². The Balaban J connectivity index is 1.51. The molecule has 0 saturated heterocycles. The normalized spacial score (nSPS) is 15.6. The molecule has 3 N–H and O–H groups in total. The fourth-order valence-corrected chi connectivity index (χ4v) is 3.51. The summed E-state index contributed by atoms with van der Waals surface area (Å²) in [7, 11) is 0. The van der Waals surface area contributed by atoms with E-state index in [1.165, 1.54) is 0 Å². The zero-order valence-electron chi connectivity index (χ0n) is 16.2. The summed E-state index contributed by atoms with van der Waals surface area (Å²) >= 11 is 0. The highest BCUT2D eigenvalue weighted by Gasteiger charge is 2.30. The Morgan fingerprint density at radius 1 is 0.833 bits per heavy atom. The molecule has 1 atom stereocenters. The number of benzene rings is 3. The zero-order chi connectivity index (χ0) is 20.9. The van der Waals surface area contributed by atoms with Crippen molar-refractivity contribution in [3.05, 3.63) is 102 Å².